The predicted octanol–water partition coefficient (Wildman–Crippen LogP) is 2.54. The largest absolute Gasteiger partial charge is 0.444 e. The number of carbonyl (C=O) groups excluding carboxylic acids is 1. The Morgan fingerprint density at radius 1 is 1.16 bits per heavy atom. The molecule has 3 rings (SSSR count). The van der Waals surface area contributed by atoms with E-state index >= 15 is 0 Å². The van der Waals surface area contributed by atoms with E-state index in [0.717, 1.165) is 22.7 Å². The quantitative estimate of drug-likeness (QED) is 0.543. The number of carbonyl (C=O) groups is 1. The summed E-state index contributed by atoms with van der Waals surface area (Å²) < 4.78 is 14.2. The average molecular weight is 430 g/mol. The van der Waals surface area contributed by atoms with Gasteiger partial charge in [0.2, 0.25) is 0 Å². The molecule has 0 unspecified atom stereocenters. The van der Waals surface area contributed by atoms with Gasteiger partial charge in [0, 0.05) is 52.1 Å². The molecule has 3 heterocycles. The lowest BCUT2D eigenvalue weighted by Gasteiger charge is -2.26. The molecule has 3 aromatic rings. The SMILES string of the molecule is COCCn1cc(-c2cc3ncc(N(C)CCN(C)C(=O)OC(C)(C)C)n3cn2)cn1. The molecule has 0 saturated carbocycles. The van der Waals surface area contributed by atoms with Gasteiger partial charge in [-0.3, -0.25) is 9.08 Å². The minimum atomic E-state index is -0.511. The van der Waals surface area contributed by atoms with Crippen molar-refractivity contribution in [3.63, 3.8) is 0 Å². The summed E-state index contributed by atoms with van der Waals surface area (Å²) in [6.07, 6.45) is 6.96. The van der Waals surface area contributed by atoms with E-state index in [4.69, 9.17) is 9.47 Å². The third-order valence-electron chi connectivity index (χ3n) is 4.70. The Balaban J connectivity index is 1.67. The van der Waals surface area contributed by atoms with Crippen molar-refractivity contribution in [2.75, 3.05) is 45.8 Å². The Kier molecular flexibility index (Phi) is 6.79. The van der Waals surface area contributed by atoms with Crippen molar-refractivity contribution >= 4 is 17.6 Å². The van der Waals surface area contributed by atoms with Crippen LogP contribution in [-0.4, -0.2) is 81.6 Å². The highest BCUT2D eigenvalue weighted by Gasteiger charge is 2.20. The molecule has 0 atom stereocenters. The van der Waals surface area contributed by atoms with Crippen LogP contribution in [0.5, 0.6) is 0 Å². The van der Waals surface area contributed by atoms with Crippen LogP contribution in [-0.2, 0) is 16.0 Å². The molecule has 0 fully saturated rings. The standard InChI is InChI=1S/C21H31N7O3/c1-21(2,3)31-20(29)26(5)8-7-25(4)19-13-22-18-11-17(23-15-28(18)19)16-12-24-27(14-16)9-10-30-6/h11-15H,7-10H2,1-6H3. The zero-order valence-electron chi connectivity index (χ0n) is 19.1. The van der Waals surface area contributed by atoms with Crippen LogP contribution in [0.25, 0.3) is 16.9 Å². The van der Waals surface area contributed by atoms with E-state index in [1.165, 1.54) is 0 Å². The van der Waals surface area contributed by atoms with Crippen LogP contribution in [0.3, 0.4) is 0 Å². The van der Waals surface area contributed by atoms with E-state index in [9.17, 15) is 4.79 Å². The van der Waals surface area contributed by atoms with Crippen LogP contribution in [0, 0.1) is 0 Å². The summed E-state index contributed by atoms with van der Waals surface area (Å²) in [5, 5.41) is 4.34. The number of likely N-dealkylation sites (N-methyl/N-ethyl adjacent to an activating group) is 2. The minimum absolute atomic E-state index is 0.337. The average Bonchev–Trinajstić information content (AvgIpc) is 3.35. The fourth-order valence-electron chi connectivity index (χ4n) is 2.96. The topological polar surface area (TPSA) is 90.0 Å². The number of aromatic nitrogens is 5. The van der Waals surface area contributed by atoms with E-state index < -0.39 is 5.60 Å². The van der Waals surface area contributed by atoms with Crippen molar-refractivity contribution in [1.82, 2.24) is 29.0 Å². The lowest BCUT2D eigenvalue weighted by Crippen LogP contribution is -2.38. The van der Waals surface area contributed by atoms with Crippen molar-refractivity contribution in [1.29, 1.82) is 0 Å². The van der Waals surface area contributed by atoms with E-state index in [0.29, 0.717) is 26.2 Å². The molecular formula is C21H31N7O3. The highest BCUT2D eigenvalue weighted by atomic mass is 16.6. The summed E-state index contributed by atoms with van der Waals surface area (Å²) in [4.78, 5) is 24.8. The lowest BCUT2D eigenvalue weighted by atomic mass is 10.2. The van der Waals surface area contributed by atoms with Crippen LogP contribution < -0.4 is 4.90 Å². The molecule has 0 aliphatic rings. The van der Waals surface area contributed by atoms with Gasteiger partial charge in [-0.1, -0.05) is 0 Å². The molecule has 10 nitrogen and oxygen atoms in total. The highest BCUT2D eigenvalue weighted by Crippen LogP contribution is 2.21. The zero-order valence-corrected chi connectivity index (χ0v) is 19.1. The van der Waals surface area contributed by atoms with Gasteiger partial charge < -0.3 is 19.3 Å². The number of amides is 1. The van der Waals surface area contributed by atoms with Gasteiger partial charge in [0.1, 0.15) is 23.4 Å². The second-order valence-corrected chi connectivity index (χ2v) is 8.43. The first-order valence-electron chi connectivity index (χ1n) is 10.2. The second kappa shape index (κ2) is 9.34. The van der Waals surface area contributed by atoms with Crippen LogP contribution in [0.15, 0.2) is 31.0 Å². The summed E-state index contributed by atoms with van der Waals surface area (Å²) in [7, 11) is 5.36. The first-order valence-corrected chi connectivity index (χ1v) is 10.2. The number of nitrogens with zero attached hydrogens (tertiary/aromatic N) is 7. The molecule has 168 valence electrons. The number of rotatable bonds is 8. The van der Waals surface area contributed by atoms with Crippen molar-refractivity contribution in [2.45, 2.75) is 32.9 Å². The summed E-state index contributed by atoms with van der Waals surface area (Å²) in [6, 6.07) is 1.93. The maximum absolute atomic E-state index is 12.1. The number of imidazole rings is 1. The Bertz CT molecular complexity index is 1020. The van der Waals surface area contributed by atoms with Gasteiger partial charge in [-0.15, -0.1) is 0 Å². The number of fused-ring (bicyclic) bond motifs is 1. The van der Waals surface area contributed by atoms with Gasteiger partial charge in [-0.05, 0) is 20.8 Å². The fourth-order valence-corrected chi connectivity index (χ4v) is 2.96. The summed E-state index contributed by atoms with van der Waals surface area (Å²) in [6.45, 7) is 8.00. The minimum Gasteiger partial charge on any atom is -0.444 e. The Morgan fingerprint density at radius 3 is 2.65 bits per heavy atom. The molecule has 0 radical (unpaired) electrons. The first kappa shape index (κ1) is 22.5. The molecule has 0 aliphatic heterocycles. The molecule has 10 heteroatoms. The van der Waals surface area contributed by atoms with Gasteiger partial charge in [0.05, 0.1) is 31.2 Å². The van der Waals surface area contributed by atoms with Gasteiger partial charge in [-0.2, -0.15) is 5.10 Å². The predicted molar refractivity (Wildman–Crippen MR) is 118 cm³/mol. The van der Waals surface area contributed by atoms with Crippen LogP contribution in [0.1, 0.15) is 20.8 Å². The van der Waals surface area contributed by atoms with Gasteiger partial charge in [-0.25, -0.2) is 14.8 Å². The van der Waals surface area contributed by atoms with Crippen LogP contribution >= 0.6 is 0 Å². The number of methoxy groups -OCH3 is 1. The summed E-state index contributed by atoms with van der Waals surface area (Å²) in [5.41, 5.74) is 2.01. The number of hydrogen-bond acceptors (Lipinski definition) is 7. The number of ether oxygens (including phenoxy) is 2. The Morgan fingerprint density at radius 2 is 1.94 bits per heavy atom. The van der Waals surface area contributed by atoms with Crippen molar-refractivity contribution < 1.29 is 14.3 Å². The summed E-state index contributed by atoms with van der Waals surface area (Å²) in [5.74, 6) is 0.891. The number of anilines is 1. The van der Waals surface area contributed by atoms with E-state index in [1.807, 2.05) is 54.1 Å². The Labute approximate surface area is 182 Å². The highest BCUT2D eigenvalue weighted by molar-refractivity contribution is 5.68. The normalized spacial score (nSPS) is 11.7. The molecule has 0 bridgehead atoms. The number of hydrogen-bond donors (Lipinski definition) is 0. The zero-order chi connectivity index (χ0) is 22.6. The molecule has 0 N–H and O–H groups in total. The van der Waals surface area contributed by atoms with Crippen LogP contribution in [0.4, 0.5) is 10.6 Å². The maximum Gasteiger partial charge on any atom is 0.410 e. The lowest BCUT2D eigenvalue weighted by molar-refractivity contribution is 0.0303. The monoisotopic (exact) mass is 429 g/mol. The van der Waals surface area contributed by atoms with E-state index in [1.54, 1.807) is 37.8 Å². The smallest absolute Gasteiger partial charge is 0.410 e. The first-order chi connectivity index (χ1) is 14.7. The third kappa shape index (κ3) is 5.72. The third-order valence-corrected chi connectivity index (χ3v) is 4.70. The molecule has 3 aromatic heterocycles. The van der Waals surface area contributed by atoms with E-state index in [-0.39, 0.29) is 6.09 Å². The molecule has 0 aromatic carbocycles. The van der Waals surface area contributed by atoms with Crippen molar-refractivity contribution in [3.05, 3.63) is 31.0 Å². The fraction of sp³-hybridized carbons (Fsp3) is 0.524. The second-order valence-electron chi connectivity index (χ2n) is 8.43. The van der Waals surface area contributed by atoms with E-state index in [2.05, 4.69) is 15.1 Å². The maximum atomic E-state index is 12.1. The van der Waals surface area contributed by atoms with Crippen molar-refractivity contribution in [2.24, 2.45) is 0 Å². The van der Waals surface area contributed by atoms with Gasteiger partial charge in [0.25, 0.3) is 0 Å². The molecule has 0 saturated heterocycles. The molecule has 1 amide bonds. The molecule has 31 heavy (non-hydrogen) atoms. The molecule has 0 spiro atoms. The van der Waals surface area contributed by atoms with Gasteiger partial charge in [0.15, 0.2) is 0 Å². The van der Waals surface area contributed by atoms with Crippen LogP contribution in [0.2, 0.25) is 0 Å². The summed E-state index contributed by atoms with van der Waals surface area (Å²) >= 11 is 0. The van der Waals surface area contributed by atoms with Crippen molar-refractivity contribution in [3.8, 4) is 11.3 Å². The Hall–Kier alpha value is -3.14. The van der Waals surface area contributed by atoms with Gasteiger partial charge >= 0.3 is 6.09 Å². The molecule has 0 aliphatic carbocycles. The molecular weight excluding hydrogens is 398 g/mol.